The highest BCUT2D eigenvalue weighted by molar-refractivity contribution is 9.10. The van der Waals surface area contributed by atoms with Crippen LogP contribution in [0.5, 0.6) is 5.75 Å². The predicted octanol–water partition coefficient (Wildman–Crippen LogP) is 2.81. The zero-order valence-electron chi connectivity index (χ0n) is 12.1. The number of rotatable bonds is 6. The van der Waals surface area contributed by atoms with E-state index < -0.39 is 5.97 Å². The summed E-state index contributed by atoms with van der Waals surface area (Å²) < 4.78 is 11.4. The lowest BCUT2D eigenvalue weighted by Gasteiger charge is -2.17. The monoisotopic (exact) mass is 385 g/mol. The molecule has 1 aliphatic heterocycles. The number of amides is 1. The Kier molecular flexibility index (Phi) is 6.33. The average Bonchev–Trinajstić information content (AvgIpc) is 2.80. The largest absolute Gasteiger partial charge is 0.492 e. The molecule has 1 heterocycles. The molecule has 1 fully saturated rings. The SMILES string of the molecule is CCOC(=O)C=C1SCC(=O)N1CCOc1cccc(Br)c1. The molecule has 0 bridgehead atoms. The second-order valence-corrected chi connectivity index (χ2v) is 6.29. The van der Waals surface area contributed by atoms with Crippen LogP contribution in [0.3, 0.4) is 0 Å². The third-order valence-electron chi connectivity index (χ3n) is 2.82. The maximum absolute atomic E-state index is 11.9. The van der Waals surface area contributed by atoms with Crippen molar-refractivity contribution < 1.29 is 19.1 Å². The summed E-state index contributed by atoms with van der Waals surface area (Å²) in [6.07, 6.45) is 1.36. The number of benzene rings is 1. The maximum atomic E-state index is 11.9. The second kappa shape index (κ2) is 8.24. The van der Waals surface area contributed by atoms with Crippen molar-refractivity contribution in [2.75, 3.05) is 25.5 Å². The Balaban J connectivity index is 1.92. The van der Waals surface area contributed by atoms with Crippen LogP contribution in [0.25, 0.3) is 0 Å². The standard InChI is InChI=1S/C15H16BrNO4S/c1-2-20-15(19)9-14-17(13(18)10-22-14)6-7-21-12-5-3-4-11(16)8-12/h3-5,8-9H,2,6-7,10H2,1H3. The summed E-state index contributed by atoms with van der Waals surface area (Å²) in [6.45, 7) is 2.80. The van der Waals surface area contributed by atoms with Gasteiger partial charge in [-0.15, -0.1) is 0 Å². The fraction of sp³-hybridized carbons (Fsp3) is 0.333. The van der Waals surface area contributed by atoms with E-state index in [0.29, 0.717) is 30.5 Å². The summed E-state index contributed by atoms with van der Waals surface area (Å²) >= 11 is 4.71. The van der Waals surface area contributed by atoms with Gasteiger partial charge in [-0.2, -0.15) is 0 Å². The molecule has 1 aromatic rings. The molecule has 0 atom stereocenters. The maximum Gasteiger partial charge on any atom is 0.333 e. The van der Waals surface area contributed by atoms with Gasteiger partial charge in [0.1, 0.15) is 12.4 Å². The Hall–Kier alpha value is -1.47. The van der Waals surface area contributed by atoms with E-state index in [9.17, 15) is 9.59 Å². The van der Waals surface area contributed by atoms with E-state index in [-0.39, 0.29) is 5.91 Å². The van der Waals surface area contributed by atoms with Crippen LogP contribution in [-0.4, -0.2) is 42.3 Å². The Labute approximate surface area is 141 Å². The molecule has 118 valence electrons. The normalized spacial score (nSPS) is 16.2. The van der Waals surface area contributed by atoms with Crippen molar-refractivity contribution >= 4 is 39.6 Å². The topological polar surface area (TPSA) is 55.8 Å². The third-order valence-corrected chi connectivity index (χ3v) is 4.34. The van der Waals surface area contributed by atoms with Crippen LogP contribution >= 0.6 is 27.7 Å². The van der Waals surface area contributed by atoms with Gasteiger partial charge < -0.3 is 14.4 Å². The predicted molar refractivity (Wildman–Crippen MR) is 88.5 cm³/mol. The first-order chi connectivity index (χ1) is 10.6. The molecule has 1 aromatic carbocycles. The van der Waals surface area contributed by atoms with Gasteiger partial charge in [0.15, 0.2) is 0 Å². The van der Waals surface area contributed by atoms with Gasteiger partial charge in [-0.1, -0.05) is 33.8 Å². The van der Waals surface area contributed by atoms with Crippen molar-refractivity contribution in [3.63, 3.8) is 0 Å². The zero-order valence-corrected chi connectivity index (χ0v) is 14.5. The van der Waals surface area contributed by atoms with Crippen molar-refractivity contribution in [1.29, 1.82) is 0 Å². The highest BCUT2D eigenvalue weighted by Crippen LogP contribution is 2.28. The number of nitrogens with zero attached hydrogens (tertiary/aromatic N) is 1. The van der Waals surface area contributed by atoms with Gasteiger partial charge >= 0.3 is 5.97 Å². The number of thioether (sulfide) groups is 1. The van der Waals surface area contributed by atoms with Crippen molar-refractivity contribution in [2.45, 2.75) is 6.92 Å². The molecule has 1 aliphatic rings. The first-order valence-corrected chi connectivity index (χ1v) is 8.58. The number of hydrogen-bond donors (Lipinski definition) is 0. The molecular weight excluding hydrogens is 370 g/mol. The highest BCUT2D eigenvalue weighted by Gasteiger charge is 2.27. The second-order valence-electron chi connectivity index (χ2n) is 4.37. The van der Waals surface area contributed by atoms with Gasteiger partial charge in [0.2, 0.25) is 5.91 Å². The number of hydrogen-bond acceptors (Lipinski definition) is 5. The molecule has 1 saturated heterocycles. The molecule has 5 nitrogen and oxygen atoms in total. The Morgan fingerprint density at radius 3 is 3.05 bits per heavy atom. The van der Waals surface area contributed by atoms with E-state index in [1.54, 1.807) is 11.8 Å². The number of ether oxygens (including phenoxy) is 2. The van der Waals surface area contributed by atoms with Crippen LogP contribution in [0.4, 0.5) is 0 Å². The lowest BCUT2D eigenvalue weighted by molar-refractivity contribution is -0.137. The molecule has 0 spiro atoms. The van der Waals surface area contributed by atoms with E-state index in [0.717, 1.165) is 10.2 Å². The molecule has 0 unspecified atom stereocenters. The number of esters is 1. The number of carbonyl (C=O) groups excluding carboxylic acids is 2. The summed E-state index contributed by atoms with van der Waals surface area (Å²) in [5.74, 6) is 0.600. The van der Waals surface area contributed by atoms with Crippen LogP contribution in [0.2, 0.25) is 0 Å². The molecule has 0 N–H and O–H groups in total. The molecule has 2 rings (SSSR count). The van der Waals surface area contributed by atoms with Crippen molar-refractivity contribution in [3.05, 3.63) is 39.8 Å². The summed E-state index contributed by atoms with van der Waals surface area (Å²) in [6, 6.07) is 7.49. The fourth-order valence-corrected chi connectivity index (χ4v) is 3.20. The minimum absolute atomic E-state index is 0.0293. The smallest absolute Gasteiger partial charge is 0.333 e. The van der Waals surface area contributed by atoms with Crippen LogP contribution < -0.4 is 4.74 Å². The lowest BCUT2D eigenvalue weighted by atomic mass is 10.3. The van der Waals surface area contributed by atoms with Crippen molar-refractivity contribution in [1.82, 2.24) is 4.90 Å². The molecule has 7 heteroatoms. The summed E-state index contributed by atoms with van der Waals surface area (Å²) in [5, 5.41) is 0.612. The number of carbonyl (C=O) groups is 2. The Bertz CT molecular complexity index is 591. The molecule has 0 radical (unpaired) electrons. The van der Waals surface area contributed by atoms with Gasteiger partial charge in [-0.3, -0.25) is 4.79 Å². The van der Waals surface area contributed by atoms with Gasteiger partial charge in [0.25, 0.3) is 0 Å². The Morgan fingerprint density at radius 1 is 1.50 bits per heavy atom. The third kappa shape index (κ3) is 4.78. The molecule has 0 aliphatic carbocycles. The minimum atomic E-state index is -0.433. The van der Waals surface area contributed by atoms with E-state index in [2.05, 4.69) is 15.9 Å². The van der Waals surface area contributed by atoms with Gasteiger partial charge in [0.05, 0.1) is 30.0 Å². The average molecular weight is 386 g/mol. The van der Waals surface area contributed by atoms with Gasteiger partial charge in [0, 0.05) is 4.47 Å². The summed E-state index contributed by atoms with van der Waals surface area (Å²) in [7, 11) is 0. The quantitative estimate of drug-likeness (QED) is 0.556. The van der Waals surface area contributed by atoms with Crippen molar-refractivity contribution in [2.24, 2.45) is 0 Å². The van der Waals surface area contributed by atoms with Gasteiger partial charge in [-0.25, -0.2) is 4.79 Å². The molecule has 0 saturated carbocycles. The Morgan fingerprint density at radius 2 is 2.32 bits per heavy atom. The number of halogens is 1. The first-order valence-electron chi connectivity index (χ1n) is 6.80. The van der Waals surface area contributed by atoms with E-state index in [1.807, 2.05) is 24.3 Å². The van der Waals surface area contributed by atoms with Gasteiger partial charge in [-0.05, 0) is 25.1 Å². The van der Waals surface area contributed by atoms with Crippen LogP contribution in [0.1, 0.15) is 6.92 Å². The molecule has 1 amide bonds. The molecule has 0 aromatic heterocycles. The highest BCUT2D eigenvalue weighted by atomic mass is 79.9. The fourth-order valence-electron chi connectivity index (χ4n) is 1.87. The van der Waals surface area contributed by atoms with Crippen LogP contribution in [0.15, 0.2) is 39.8 Å². The van der Waals surface area contributed by atoms with Crippen LogP contribution in [0, 0.1) is 0 Å². The molecular formula is C15H16BrNO4S. The minimum Gasteiger partial charge on any atom is -0.492 e. The lowest BCUT2D eigenvalue weighted by Crippen LogP contribution is -2.29. The first kappa shape index (κ1) is 16.9. The van der Waals surface area contributed by atoms with E-state index in [4.69, 9.17) is 9.47 Å². The van der Waals surface area contributed by atoms with E-state index in [1.165, 1.54) is 17.8 Å². The summed E-state index contributed by atoms with van der Waals surface area (Å²) in [5.41, 5.74) is 0. The van der Waals surface area contributed by atoms with E-state index >= 15 is 0 Å². The van der Waals surface area contributed by atoms with Crippen LogP contribution in [-0.2, 0) is 14.3 Å². The van der Waals surface area contributed by atoms with Crippen molar-refractivity contribution in [3.8, 4) is 5.75 Å². The zero-order chi connectivity index (χ0) is 15.9. The molecule has 22 heavy (non-hydrogen) atoms. The summed E-state index contributed by atoms with van der Waals surface area (Å²) in [4.78, 5) is 24.9.